The first-order valence-electron chi connectivity index (χ1n) is 15.4. The molecular weight excluding hydrogens is 606 g/mol. The maximum absolute atomic E-state index is 13.8. The molecule has 250 valence electrons. The first kappa shape index (κ1) is 38.0. The van der Waals surface area contributed by atoms with Crippen LogP contribution in [0.5, 0.6) is 0 Å². The van der Waals surface area contributed by atoms with E-state index in [2.05, 4.69) is 26.0 Å². The molecule has 13 heteroatoms. The number of nitrogens with two attached hydrogens (primary N) is 1. The van der Waals surface area contributed by atoms with Crippen LogP contribution in [-0.4, -0.2) is 56.6 Å². The van der Waals surface area contributed by atoms with Gasteiger partial charge < -0.3 is 21.7 Å². The quantitative estimate of drug-likeness (QED) is 0.107. The highest BCUT2D eigenvalue weighted by Gasteiger charge is 2.30. The van der Waals surface area contributed by atoms with E-state index in [0.717, 1.165) is 28.4 Å². The number of hydrogen-bond donors (Lipinski definition) is 4. The van der Waals surface area contributed by atoms with Gasteiger partial charge in [-0.05, 0) is 53.3 Å². The smallest absolute Gasteiger partial charge is 0.243 e. The van der Waals surface area contributed by atoms with Gasteiger partial charge >= 0.3 is 0 Å². The van der Waals surface area contributed by atoms with Crippen LogP contribution in [0.15, 0.2) is 71.2 Å². The van der Waals surface area contributed by atoms with Crippen LogP contribution in [0.25, 0.3) is 10.4 Å². The number of azide groups is 1. The molecule has 0 aliphatic heterocycles. The Hall–Kier alpha value is -4.19. The van der Waals surface area contributed by atoms with Gasteiger partial charge in [-0.1, -0.05) is 93.5 Å². The number of sulfone groups is 1. The van der Waals surface area contributed by atoms with Gasteiger partial charge in [-0.25, -0.2) is 8.42 Å². The third-order valence-corrected chi connectivity index (χ3v) is 7.70. The molecule has 0 heterocycles. The van der Waals surface area contributed by atoms with Crippen LogP contribution in [-0.2, 0) is 43.6 Å². The van der Waals surface area contributed by atoms with Crippen molar-refractivity contribution in [3.05, 3.63) is 93.2 Å². The third kappa shape index (κ3) is 14.3. The summed E-state index contributed by atoms with van der Waals surface area (Å²) in [5, 5.41) is 13.2. The molecule has 0 spiro atoms. The molecule has 0 aromatic heterocycles. The van der Waals surface area contributed by atoms with Crippen molar-refractivity contribution < 1.29 is 22.8 Å². The molecule has 0 saturated heterocycles. The van der Waals surface area contributed by atoms with Crippen LogP contribution < -0.4 is 21.7 Å². The predicted molar refractivity (Wildman–Crippen MR) is 180 cm³/mol. The van der Waals surface area contributed by atoms with E-state index in [0.29, 0.717) is 19.4 Å². The number of nitrogens with zero attached hydrogens (tertiary/aromatic N) is 3. The van der Waals surface area contributed by atoms with E-state index in [4.69, 9.17) is 5.73 Å². The van der Waals surface area contributed by atoms with Gasteiger partial charge in [-0.2, -0.15) is 0 Å². The van der Waals surface area contributed by atoms with E-state index in [9.17, 15) is 28.3 Å². The number of hydrogen-bond acceptors (Lipinski definition) is 7. The molecular formula is C33H47N7O5S. The van der Waals surface area contributed by atoms with E-state index in [1.807, 2.05) is 82.3 Å². The zero-order valence-electron chi connectivity index (χ0n) is 27.2. The summed E-state index contributed by atoms with van der Waals surface area (Å²) in [7, 11) is -3.42. The topological polar surface area (TPSA) is 196 Å². The Morgan fingerprint density at radius 1 is 0.804 bits per heavy atom. The molecule has 0 unspecified atom stereocenters. The minimum Gasteiger partial charge on any atom is -0.348 e. The summed E-state index contributed by atoms with van der Waals surface area (Å²) in [6.45, 7) is 8.07. The van der Waals surface area contributed by atoms with Crippen molar-refractivity contribution in [2.75, 3.05) is 6.26 Å². The number of rotatable bonds is 18. The standard InChI is InChI=1S/C33H47N7O5S/c1-22(2)17-27(15-16-46(5,44)45)36-31(41)28(18-23(3)4)37-32(42)29(19-25-11-13-26(21-34)14-12-25)38-33(43)30(39-40-35)20-24-9-7-6-8-10-24/h6-16,22-23,27-30H,17-21,34H2,1-5H3,(H,36,41)(H,37,42)(H,38,43)/b16-15+/t27-,28+,29+,30+/m1/s1. The van der Waals surface area contributed by atoms with E-state index < -0.39 is 51.7 Å². The van der Waals surface area contributed by atoms with Crippen LogP contribution in [0.3, 0.4) is 0 Å². The summed E-state index contributed by atoms with van der Waals surface area (Å²) in [6.07, 6.45) is 3.53. The monoisotopic (exact) mass is 653 g/mol. The molecule has 5 N–H and O–H groups in total. The van der Waals surface area contributed by atoms with Gasteiger partial charge in [0.05, 0.1) is 0 Å². The fourth-order valence-corrected chi connectivity index (χ4v) is 5.27. The normalized spacial score (nSPS) is 14.3. The molecule has 0 aliphatic rings. The molecule has 4 atom stereocenters. The van der Waals surface area contributed by atoms with Crippen LogP contribution in [0, 0.1) is 11.8 Å². The molecule has 2 aromatic rings. The molecule has 12 nitrogen and oxygen atoms in total. The summed E-state index contributed by atoms with van der Waals surface area (Å²) in [5.41, 5.74) is 17.3. The van der Waals surface area contributed by atoms with Crippen molar-refractivity contribution in [3.63, 3.8) is 0 Å². The molecule has 0 saturated carbocycles. The van der Waals surface area contributed by atoms with Crippen LogP contribution in [0.1, 0.15) is 57.2 Å². The number of nitrogens with one attached hydrogen (secondary N) is 3. The highest BCUT2D eigenvalue weighted by molar-refractivity contribution is 7.93. The van der Waals surface area contributed by atoms with Gasteiger partial charge in [-0.3, -0.25) is 14.4 Å². The second-order valence-corrected chi connectivity index (χ2v) is 14.2. The fraction of sp³-hybridized carbons (Fsp3) is 0.485. The van der Waals surface area contributed by atoms with Crippen LogP contribution in [0.4, 0.5) is 0 Å². The van der Waals surface area contributed by atoms with Crippen molar-refractivity contribution in [3.8, 4) is 0 Å². The Morgan fingerprint density at radius 2 is 1.35 bits per heavy atom. The van der Waals surface area contributed by atoms with Crippen LogP contribution >= 0.6 is 0 Å². The van der Waals surface area contributed by atoms with Gasteiger partial charge in [0.2, 0.25) is 17.7 Å². The fourth-order valence-electron chi connectivity index (χ4n) is 4.80. The molecule has 46 heavy (non-hydrogen) atoms. The summed E-state index contributed by atoms with van der Waals surface area (Å²) in [4.78, 5) is 43.7. The summed E-state index contributed by atoms with van der Waals surface area (Å²) < 4.78 is 23.5. The zero-order valence-corrected chi connectivity index (χ0v) is 28.0. The molecule has 2 aromatic carbocycles. The highest BCUT2D eigenvalue weighted by Crippen LogP contribution is 2.13. The lowest BCUT2D eigenvalue weighted by Crippen LogP contribution is -2.56. The largest absolute Gasteiger partial charge is 0.348 e. The summed E-state index contributed by atoms with van der Waals surface area (Å²) in [6, 6.07) is 12.6. The Bertz CT molecular complexity index is 1470. The maximum Gasteiger partial charge on any atom is 0.243 e. The zero-order chi connectivity index (χ0) is 34.3. The summed E-state index contributed by atoms with van der Waals surface area (Å²) >= 11 is 0. The van der Waals surface area contributed by atoms with Gasteiger partial charge in [-0.15, -0.1) is 0 Å². The van der Waals surface area contributed by atoms with E-state index in [1.54, 1.807) is 0 Å². The Balaban J connectivity index is 2.36. The van der Waals surface area contributed by atoms with Crippen LogP contribution in [0.2, 0.25) is 0 Å². The third-order valence-electron chi connectivity index (χ3n) is 7.05. The highest BCUT2D eigenvalue weighted by atomic mass is 32.2. The number of benzene rings is 2. The summed E-state index contributed by atoms with van der Waals surface area (Å²) in [5.74, 6) is -1.53. The van der Waals surface area contributed by atoms with Crippen molar-refractivity contribution in [1.82, 2.24) is 16.0 Å². The minimum atomic E-state index is -3.42. The number of carbonyl (C=O) groups excluding carboxylic acids is 3. The predicted octanol–water partition coefficient (Wildman–Crippen LogP) is 3.71. The minimum absolute atomic E-state index is 0.0169. The van der Waals surface area contributed by atoms with Gasteiger partial charge in [0.15, 0.2) is 9.84 Å². The molecule has 0 aliphatic carbocycles. The van der Waals surface area contributed by atoms with Gasteiger partial charge in [0.25, 0.3) is 0 Å². The second-order valence-electron chi connectivity index (χ2n) is 12.3. The second kappa shape index (κ2) is 18.7. The lowest BCUT2D eigenvalue weighted by Gasteiger charge is -2.27. The Kier molecular flexibility index (Phi) is 15.4. The van der Waals surface area contributed by atoms with Crippen molar-refractivity contribution in [2.45, 2.75) is 84.1 Å². The molecule has 0 fully saturated rings. The van der Waals surface area contributed by atoms with E-state index in [-0.39, 0.29) is 24.7 Å². The Labute approximate surface area is 272 Å². The first-order valence-corrected chi connectivity index (χ1v) is 17.3. The molecule has 0 radical (unpaired) electrons. The Morgan fingerprint density at radius 3 is 1.89 bits per heavy atom. The van der Waals surface area contributed by atoms with E-state index >= 15 is 0 Å². The maximum atomic E-state index is 13.8. The molecule has 2 rings (SSSR count). The lowest BCUT2D eigenvalue weighted by atomic mass is 9.99. The molecule has 0 bridgehead atoms. The lowest BCUT2D eigenvalue weighted by molar-refractivity contribution is -0.132. The van der Waals surface area contributed by atoms with Gasteiger partial charge in [0.1, 0.15) is 18.1 Å². The number of carbonyl (C=O) groups is 3. The average Bonchev–Trinajstić information content (AvgIpc) is 2.99. The van der Waals surface area contributed by atoms with Crippen molar-refractivity contribution >= 4 is 27.6 Å². The SMILES string of the molecule is CC(C)C[C@@H](/C=C/S(C)(=O)=O)NC(=O)[C@H](CC(C)C)NC(=O)[C@H](Cc1ccc(CN)cc1)NC(=O)[C@H](Cc1ccccc1)N=[N+]=[N-]. The molecule has 3 amide bonds. The van der Waals surface area contributed by atoms with Crippen molar-refractivity contribution in [1.29, 1.82) is 0 Å². The first-order chi connectivity index (χ1) is 21.7. The van der Waals surface area contributed by atoms with Gasteiger partial charge in [0, 0.05) is 35.6 Å². The van der Waals surface area contributed by atoms with Crippen molar-refractivity contribution in [2.24, 2.45) is 22.7 Å². The number of amides is 3. The average molecular weight is 654 g/mol. The van der Waals surface area contributed by atoms with E-state index in [1.165, 1.54) is 6.08 Å².